The second kappa shape index (κ2) is 9.41. The first-order chi connectivity index (χ1) is 15.0. The lowest BCUT2D eigenvalue weighted by atomic mass is 9.96. The Bertz CT molecular complexity index is 1150. The number of fused-ring (bicyclic) bond motifs is 1. The molecule has 0 radical (unpaired) electrons. The standard InChI is InChI=1S/C23H21N3O3S2/c1-14(21(27)26-23-18(13-24)17-8-2-3-10-20(17)31-23)30-16-7-4-6-15(12-16)25-22(28)19-9-5-11-29-19/h4-7,9,11-12,14H,2-3,8,10H2,1H3,(H,25,28)(H,26,27). The van der Waals surface area contributed by atoms with Gasteiger partial charge in [0, 0.05) is 15.5 Å². The molecule has 4 rings (SSSR count). The average Bonchev–Trinajstić information content (AvgIpc) is 3.41. The first-order valence-electron chi connectivity index (χ1n) is 10.0. The van der Waals surface area contributed by atoms with E-state index in [9.17, 15) is 14.9 Å². The number of nitrogens with zero attached hydrogens (tertiary/aromatic N) is 1. The molecular weight excluding hydrogens is 430 g/mol. The summed E-state index contributed by atoms with van der Waals surface area (Å²) in [5.74, 6) is -0.244. The number of benzene rings is 1. The number of thioether (sulfide) groups is 1. The van der Waals surface area contributed by atoms with Crippen molar-refractivity contribution in [2.75, 3.05) is 10.6 Å². The minimum atomic E-state index is -0.373. The molecule has 158 valence electrons. The second-order valence-electron chi connectivity index (χ2n) is 7.24. The zero-order chi connectivity index (χ0) is 21.8. The molecule has 2 heterocycles. The Morgan fingerprint density at radius 3 is 2.81 bits per heavy atom. The first kappa shape index (κ1) is 21.2. The highest BCUT2D eigenvalue weighted by atomic mass is 32.2. The molecule has 6 nitrogen and oxygen atoms in total. The van der Waals surface area contributed by atoms with Crippen molar-refractivity contribution in [1.82, 2.24) is 0 Å². The lowest BCUT2D eigenvalue weighted by Gasteiger charge is -2.12. The Hall–Kier alpha value is -3.02. The number of aryl methyl sites for hydroxylation is 1. The van der Waals surface area contributed by atoms with Crippen molar-refractivity contribution >= 4 is 45.6 Å². The molecule has 3 aromatic rings. The number of carbonyl (C=O) groups excluding carboxylic acids is 2. The van der Waals surface area contributed by atoms with Crippen molar-refractivity contribution in [3.05, 3.63) is 64.4 Å². The third kappa shape index (κ3) is 4.84. The van der Waals surface area contributed by atoms with E-state index < -0.39 is 0 Å². The van der Waals surface area contributed by atoms with E-state index in [2.05, 4.69) is 16.7 Å². The fourth-order valence-corrected chi connectivity index (χ4v) is 5.66. The summed E-state index contributed by atoms with van der Waals surface area (Å²) in [5.41, 5.74) is 2.35. The van der Waals surface area contributed by atoms with Gasteiger partial charge in [-0.2, -0.15) is 5.26 Å². The van der Waals surface area contributed by atoms with E-state index >= 15 is 0 Å². The van der Waals surface area contributed by atoms with Crippen molar-refractivity contribution in [2.45, 2.75) is 42.8 Å². The molecule has 2 amide bonds. The fourth-order valence-electron chi connectivity index (χ4n) is 3.49. The van der Waals surface area contributed by atoms with Gasteiger partial charge in [-0.25, -0.2) is 0 Å². The van der Waals surface area contributed by atoms with Crippen molar-refractivity contribution in [2.24, 2.45) is 0 Å². The van der Waals surface area contributed by atoms with Crippen molar-refractivity contribution < 1.29 is 14.0 Å². The van der Waals surface area contributed by atoms with Crippen LogP contribution in [-0.2, 0) is 17.6 Å². The maximum absolute atomic E-state index is 12.8. The summed E-state index contributed by atoms with van der Waals surface area (Å²) in [6.45, 7) is 1.83. The van der Waals surface area contributed by atoms with Crippen LogP contribution in [0.5, 0.6) is 0 Å². The van der Waals surface area contributed by atoms with Crippen LogP contribution in [0.15, 0.2) is 52.0 Å². The number of nitriles is 1. The molecule has 2 aromatic heterocycles. The van der Waals surface area contributed by atoms with Crippen molar-refractivity contribution in [3.63, 3.8) is 0 Å². The van der Waals surface area contributed by atoms with E-state index in [0.717, 1.165) is 36.1 Å². The van der Waals surface area contributed by atoms with Gasteiger partial charge in [-0.3, -0.25) is 9.59 Å². The Morgan fingerprint density at radius 2 is 2.03 bits per heavy atom. The lowest BCUT2D eigenvalue weighted by Crippen LogP contribution is -2.22. The molecule has 31 heavy (non-hydrogen) atoms. The quantitative estimate of drug-likeness (QED) is 0.485. The van der Waals surface area contributed by atoms with E-state index in [0.29, 0.717) is 16.3 Å². The maximum atomic E-state index is 12.8. The summed E-state index contributed by atoms with van der Waals surface area (Å²) in [6, 6.07) is 12.8. The summed E-state index contributed by atoms with van der Waals surface area (Å²) >= 11 is 2.92. The molecule has 1 aliphatic rings. The van der Waals surface area contributed by atoms with Gasteiger partial charge in [0.05, 0.1) is 17.1 Å². The first-order valence-corrected chi connectivity index (χ1v) is 11.7. The van der Waals surface area contributed by atoms with Gasteiger partial charge >= 0.3 is 0 Å². The van der Waals surface area contributed by atoms with Gasteiger partial charge in [-0.1, -0.05) is 6.07 Å². The van der Waals surface area contributed by atoms with E-state index in [-0.39, 0.29) is 22.8 Å². The minimum Gasteiger partial charge on any atom is -0.459 e. The number of thiophene rings is 1. The number of amides is 2. The molecule has 1 aliphatic carbocycles. The van der Waals surface area contributed by atoms with Gasteiger partial charge in [0.2, 0.25) is 5.91 Å². The fraction of sp³-hybridized carbons (Fsp3) is 0.261. The summed E-state index contributed by atoms with van der Waals surface area (Å²) in [6.07, 6.45) is 5.55. The van der Waals surface area contributed by atoms with E-state index in [1.807, 2.05) is 25.1 Å². The van der Waals surface area contributed by atoms with Crippen LogP contribution in [-0.4, -0.2) is 17.1 Å². The van der Waals surface area contributed by atoms with Crippen LogP contribution >= 0.6 is 23.1 Å². The van der Waals surface area contributed by atoms with Crippen molar-refractivity contribution in [3.8, 4) is 6.07 Å². The zero-order valence-corrected chi connectivity index (χ0v) is 18.6. The Morgan fingerprint density at radius 1 is 1.19 bits per heavy atom. The number of carbonyl (C=O) groups is 2. The number of hydrogen-bond donors (Lipinski definition) is 2. The summed E-state index contributed by atoms with van der Waals surface area (Å²) in [5, 5.41) is 15.6. The molecule has 0 saturated heterocycles. The SMILES string of the molecule is CC(Sc1cccc(NC(=O)c2ccco2)c1)C(=O)Nc1sc2c(c1C#N)CCCC2. The van der Waals surface area contributed by atoms with Crippen LogP contribution in [0, 0.1) is 11.3 Å². The predicted octanol–water partition coefficient (Wildman–Crippen LogP) is 5.46. The summed E-state index contributed by atoms with van der Waals surface area (Å²) < 4.78 is 5.11. The molecule has 1 atom stereocenters. The van der Waals surface area contributed by atoms with Crippen LogP contribution in [0.3, 0.4) is 0 Å². The third-order valence-corrected chi connectivity index (χ3v) is 7.34. The second-order valence-corrected chi connectivity index (χ2v) is 9.75. The average molecular weight is 452 g/mol. The summed E-state index contributed by atoms with van der Waals surface area (Å²) in [7, 11) is 0. The number of anilines is 2. The number of nitrogens with one attached hydrogen (secondary N) is 2. The molecule has 2 N–H and O–H groups in total. The van der Waals surface area contributed by atoms with E-state index in [1.165, 1.54) is 34.2 Å². The largest absolute Gasteiger partial charge is 0.459 e. The molecule has 0 aliphatic heterocycles. The van der Waals surface area contributed by atoms with Crippen LogP contribution in [0.4, 0.5) is 10.7 Å². The molecule has 1 aromatic carbocycles. The van der Waals surface area contributed by atoms with Gasteiger partial charge < -0.3 is 15.1 Å². The zero-order valence-electron chi connectivity index (χ0n) is 16.9. The van der Waals surface area contributed by atoms with Gasteiger partial charge in [0.25, 0.3) is 5.91 Å². The number of rotatable bonds is 6. The van der Waals surface area contributed by atoms with E-state index in [4.69, 9.17) is 4.42 Å². The molecule has 0 fully saturated rings. The molecular formula is C23H21N3O3S2. The molecule has 0 spiro atoms. The van der Waals surface area contributed by atoms with Crippen LogP contribution < -0.4 is 10.6 Å². The molecule has 0 saturated carbocycles. The Kier molecular flexibility index (Phi) is 6.44. The smallest absolute Gasteiger partial charge is 0.291 e. The molecule has 1 unspecified atom stereocenters. The lowest BCUT2D eigenvalue weighted by molar-refractivity contribution is -0.115. The highest BCUT2D eigenvalue weighted by Gasteiger charge is 2.23. The van der Waals surface area contributed by atoms with Crippen molar-refractivity contribution in [1.29, 1.82) is 5.26 Å². The third-order valence-electron chi connectivity index (χ3n) is 5.04. The van der Waals surface area contributed by atoms with Crippen LogP contribution in [0.25, 0.3) is 0 Å². The highest BCUT2D eigenvalue weighted by Crippen LogP contribution is 2.38. The van der Waals surface area contributed by atoms with Gasteiger partial charge in [-0.05, 0) is 68.5 Å². The normalized spacial score (nSPS) is 13.7. The summed E-state index contributed by atoms with van der Waals surface area (Å²) in [4.78, 5) is 27.0. The molecule has 8 heteroatoms. The maximum Gasteiger partial charge on any atom is 0.291 e. The number of furan rings is 1. The number of hydrogen-bond acceptors (Lipinski definition) is 6. The van der Waals surface area contributed by atoms with Gasteiger partial charge in [0.15, 0.2) is 5.76 Å². The highest BCUT2D eigenvalue weighted by molar-refractivity contribution is 8.00. The minimum absolute atomic E-state index is 0.148. The topological polar surface area (TPSA) is 95.1 Å². The van der Waals surface area contributed by atoms with Gasteiger partial charge in [-0.15, -0.1) is 23.1 Å². The molecule has 0 bridgehead atoms. The van der Waals surface area contributed by atoms with Gasteiger partial charge in [0.1, 0.15) is 11.1 Å². The van der Waals surface area contributed by atoms with E-state index in [1.54, 1.807) is 18.2 Å². The Labute approximate surface area is 188 Å². The van der Waals surface area contributed by atoms with Crippen LogP contribution in [0.2, 0.25) is 0 Å². The monoisotopic (exact) mass is 451 g/mol. The predicted molar refractivity (Wildman–Crippen MR) is 123 cm³/mol. The van der Waals surface area contributed by atoms with Crippen LogP contribution in [0.1, 0.15) is 46.3 Å². The Balaban J connectivity index is 1.41.